The van der Waals surface area contributed by atoms with Crippen molar-refractivity contribution >= 4 is 40.9 Å². The van der Waals surface area contributed by atoms with Crippen LogP contribution in [0.1, 0.15) is 5.56 Å². The first-order valence-electron chi connectivity index (χ1n) is 7.30. The average Bonchev–Trinajstić information content (AvgIpc) is 2.97. The van der Waals surface area contributed by atoms with Crippen molar-refractivity contribution in [3.63, 3.8) is 0 Å². The first-order chi connectivity index (χ1) is 11.5. The van der Waals surface area contributed by atoms with Gasteiger partial charge in [-0.3, -0.25) is 4.79 Å². The Hall–Kier alpha value is -2.90. The van der Waals surface area contributed by atoms with Crippen molar-refractivity contribution in [1.29, 1.82) is 0 Å². The number of carbonyl (C=O) groups is 2. The number of carbonyl (C=O) groups excluding carboxylic acids is 1. The number of hydrogen-bond donors (Lipinski definition) is 3. The lowest BCUT2D eigenvalue weighted by Crippen LogP contribution is -2.42. The van der Waals surface area contributed by atoms with E-state index in [0.29, 0.717) is 5.69 Å². The smallest absolute Gasteiger partial charge is 0.330 e. The maximum absolute atomic E-state index is 11.8. The normalized spacial score (nSPS) is 11.6. The van der Waals surface area contributed by atoms with Gasteiger partial charge in [0.2, 0.25) is 0 Å². The maximum atomic E-state index is 11.8. The van der Waals surface area contributed by atoms with E-state index in [-0.39, 0.29) is 12.4 Å². The second kappa shape index (κ2) is 7.33. The van der Waals surface area contributed by atoms with Crippen molar-refractivity contribution < 1.29 is 14.7 Å². The molecule has 1 aromatic heterocycles. The molecule has 1 unspecified atom stereocenters. The number of anilines is 1. The van der Waals surface area contributed by atoms with Gasteiger partial charge in [-0.2, -0.15) is 5.10 Å². The molecule has 7 nitrogen and oxygen atoms in total. The number of nitrogens with one attached hydrogen (secondary N) is 1. The summed E-state index contributed by atoms with van der Waals surface area (Å²) in [7, 11) is 0. The Kier molecular flexibility index (Phi) is 5.41. The van der Waals surface area contributed by atoms with E-state index in [1.807, 2.05) is 31.2 Å². The van der Waals surface area contributed by atoms with Crippen molar-refractivity contribution in [2.24, 2.45) is 5.73 Å². The van der Waals surface area contributed by atoms with Gasteiger partial charge in [0.05, 0.1) is 17.4 Å². The molecular formula is C17H17ClN4O3. The number of rotatable bonds is 4. The standard InChI is InChI=1S/C17H16N4O3.ClH/c1-10-3-2-4-13(7-10)21-14-8-12(6-5-11(14)9-19-21)20-16(22)15(18)17(23)24;/h2-9,15H,18H2,1H3,(H,20,22)(H,23,24);1H. The molecule has 130 valence electrons. The summed E-state index contributed by atoms with van der Waals surface area (Å²) in [6, 6.07) is 11.5. The van der Waals surface area contributed by atoms with Crippen molar-refractivity contribution in [3.8, 4) is 5.69 Å². The summed E-state index contributed by atoms with van der Waals surface area (Å²) in [6.45, 7) is 1.99. The van der Waals surface area contributed by atoms with Crippen LogP contribution in [0.3, 0.4) is 0 Å². The molecule has 0 saturated carbocycles. The minimum atomic E-state index is -1.61. The number of halogens is 1. The number of carboxylic acid groups (broad SMARTS) is 1. The van der Waals surface area contributed by atoms with Crippen LogP contribution >= 0.6 is 12.4 Å². The van der Waals surface area contributed by atoms with Gasteiger partial charge in [0.1, 0.15) is 0 Å². The Morgan fingerprint density at radius 3 is 2.68 bits per heavy atom. The van der Waals surface area contributed by atoms with Gasteiger partial charge in [0, 0.05) is 11.1 Å². The first-order valence-corrected chi connectivity index (χ1v) is 7.30. The fourth-order valence-electron chi connectivity index (χ4n) is 2.39. The van der Waals surface area contributed by atoms with Crippen LogP contribution in [0, 0.1) is 6.92 Å². The number of hydrogen-bond acceptors (Lipinski definition) is 4. The van der Waals surface area contributed by atoms with Gasteiger partial charge in [0.25, 0.3) is 5.91 Å². The molecule has 0 fully saturated rings. The molecule has 0 spiro atoms. The number of fused-ring (bicyclic) bond motifs is 1. The van der Waals surface area contributed by atoms with E-state index < -0.39 is 17.9 Å². The van der Waals surface area contributed by atoms with Gasteiger partial charge in [-0.05, 0) is 42.8 Å². The number of aryl methyl sites for hydroxylation is 1. The van der Waals surface area contributed by atoms with E-state index in [1.165, 1.54) is 0 Å². The number of aromatic nitrogens is 2. The molecule has 3 aromatic rings. The van der Waals surface area contributed by atoms with E-state index in [2.05, 4.69) is 10.4 Å². The zero-order chi connectivity index (χ0) is 17.3. The van der Waals surface area contributed by atoms with Crippen LogP contribution in [0.25, 0.3) is 16.6 Å². The number of nitrogens with two attached hydrogens (primary N) is 1. The molecule has 25 heavy (non-hydrogen) atoms. The maximum Gasteiger partial charge on any atom is 0.330 e. The number of aliphatic carboxylic acids is 1. The van der Waals surface area contributed by atoms with Crippen molar-refractivity contribution in [2.75, 3.05) is 5.32 Å². The highest BCUT2D eigenvalue weighted by Crippen LogP contribution is 2.22. The lowest BCUT2D eigenvalue weighted by atomic mass is 10.2. The summed E-state index contributed by atoms with van der Waals surface area (Å²) in [4.78, 5) is 22.6. The van der Waals surface area contributed by atoms with Crippen LogP contribution in [-0.4, -0.2) is 32.8 Å². The summed E-state index contributed by atoms with van der Waals surface area (Å²) >= 11 is 0. The molecule has 0 aliphatic rings. The molecule has 3 rings (SSSR count). The largest absolute Gasteiger partial charge is 0.480 e. The Morgan fingerprint density at radius 2 is 2.00 bits per heavy atom. The number of benzene rings is 2. The quantitative estimate of drug-likeness (QED) is 0.617. The highest BCUT2D eigenvalue weighted by molar-refractivity contribution is 6.08. The molecule has 2 aromatic carbocycles. The molecule has 0 saturated heterocycles. The van der Waals surface area contributed by atoms with E-state index in [4.69, 9.17) is 10.8 Å². The zero-order valence-corrected chi connectivity index (χ0v) is 14.2. The minimum Gasteiger partial charge on any atom is -0.480 e. The molecule has 1 amide bonds. The molecule has 4 N–H and O–H groups in total. The molecular weight excluding hydrogens is 344 g/mol. The van der Waals surface area contributed by atoms with Crippen LogP contribution in [0.15, 0.2) is 48.7 Å². The van der Waals surface area contributed by atoms with Crippen LogP contribution < -0.4 is 11.1 Å². The lowest BCUT2D eigenvalue weighted by molar-refractivity contribution is -0.141. The Morgan fingerprint density at radius 1 is 1.24 bits per heavy atom. The highest BCUT2D eigenvalue weighted by atomic mass is 35.5. The third-order valence-corrected chi connectivity index (χ3v) is 3.63. The summed E-state index contributed by atoms with van der Waals surface area (Å²) in [6.07, 6.45) is 1.73. The summed E-state index contributed by atoms with van der Waals surface area (Å²) in [5, 5.41) is 16.6. The van der Waals surface area contributed by atoms with Gasteiger partial charge in [-0.1, -0.05) is 12.1 Å². The number of nitrogens with zero attached hydrogens (tertiary/aromatic N) is 2. The third kappa shape index (κ3) is 3.78. The van der Waals surface area contributed by atoms with E-state index in [1.54, 1.807) is 29.1 Å². The van der Waals surface area contributed by atoms with Crippen molar-refractivity contribution in [1.82, 2.24) is 9.78 Å². The molecule has 1 heterocycles. The molecule has 8 heteroatoms. The van der Waals surface area contributed by atoms with Crippen LogP contribution in [0.2, 0.25) is 0 Å². The van der Waals surface area contributed by atoms with Crippen LogP contribution in [-0.2, 0) is 9.59 Å². The summed E-state index contributed by atoms with van der Waals surface area (Å²) in [5.41, 5.74) is 8.56. The fourth-order valence-corrected chi connectivity index (χ4v) is 2.39. The molecule has 0 aliphatic carbocycles. The fraction of sp³-hybridized carbons (Fsp3) is 0.118. The predicted octanol–water partition coefficient (Wildman–Crippen LogP) is 2.11. The second-order valence-electron chi connectivity index (χ2n) is 5.47. The Labute approximate surface area is 149 Å². The van der Waals surface area contributed by atoms with Crippen LogP contribution in [0.4, 0.5) is 5.69 Å². The van der Waals surface area contributed by atoms with Gasteiger partial charge in [-0.15, -0.1) is 12.4 Å². The summed E-state index contributed by atoms with van der Waals surface area (Å²) in [5.74, 6) is -2.15. The third-order valence-electron chi connectivity index (χ3n) is 3.63. The van der Waals surface area contributed by atoms with Gasteiger partial charge < -0.3 is 16.2 Å². The Bertz CT molecular complexity index is 939. The van der Waals surface area contributed by atoms with Gasteiger partial charge in [0.15, 0.2) is 6.04 Å². The number of amides is 1. The zero-order valence-electron chi connectivity index (χ0n) is 13.3. The first kappa shape index (κ1) is 18.4. The minimum absolute atomic E-state index is 0. The van der Waals surface area contributed by atoms with E-state index >= 15 is 0 Å². The van der Waals surface area contributed by atoms with E-state index in [9.17, 15) is 9.59 Å². The molecule has 1 atom stereocenters. The monoisotopic (exact) mass is 360 g/mol. The van der Waals surface area contributed by atoms with Crippen LogP contribution in [0.5, 0.6) is 0 Å². The van der Waals surface area contributed by atoms with Gasteiger partial charge in [-0.25, -0.2) is 9.48 Å². The van der Waals surface area contributed by atoms with Crippen molar-refractivity contribution in [2.45, 2.75) is 13.0 Å². The summed E-state index contributed by atoms with van der Waals surface area (Å²) < 4.78 is 1.76. The Balaban J connectivity index is 0.00000225. The van der Waals surface area contributed by atoms with E-state index in [0.717, 1.165) is 22.2 Å². The molecule has 0 bridgehead atoms. The SMILES string of the molecule is Cc1cccc(-n2ncc3ccc(NC(=O)C(N)C(=O)O)cc32)c1.Cl. The average molecular weight is 361 g/mol. The molecule has 0 radical (unpaired) electrons. The van der Waals surface area contributed by atoms with Gasteiger partial charge >= 0.3 is 5.97 Å². The topological polar surface area (TPSA) is 110 Å². The molecule has 0 aliphatic heterocycles. The van der Waals surface area contributed by atoms with Crippen molar-refractivity contribution in [3.05, 3.63) is 54.2 Å². The number of carboxylic acids is 1. The lowest BCUT2D eigenvalue weighted by Gasteiger charge is -2.09. The highest BCUT2D eigenvalue weighted by Gasteiger charge is 2.21. The predicted molar refractivity (Wildman–Crippen MR) is 97.3 cm³/mol. The second-order valence-corrected chi connectivity index (χ2v) is 5.47.